The van der Waals surface area contributed by atoms with E-state index >= 15 is 0 Å². The lowest BCUT2D eigenvalue weighted by molar-refractivity contribution is -0.119. The Morgan fingerprint density at radius 2 is 1.86 bits per heavy atom. The van der Waals surface area contributed by atoms with Crippen LogP contribution in [0.5, 0.6) is 0 Å². The van der Waals surface area contributed by atoms with Crippen LogP contribution in [0.2, 0.25) is 0 Å². The molecule has 0 aliphatic heterocycles. The summed E-state index contributed by atoms with van der Waals surface area (Å²) < 4.78 is 26.4. The first kappa shape index (κ1) is 26.8. The maximum Gasteiger partial charge on any atom is 0.267 e. The number of anilines is 1. The summed E-state index contributed by atoms with van der Waals surface area (Å²) in [6, 6.07) is 3.12. The summed E-state index contributed by atoms with van der Waals surface area (Å²) in [5, 5.41) is 2.93. The van der Waals surface area contributed by atoms with E-state index in [9.17, 15) is 23.2 Å². The van der Waals surface area contributed by atoms with Gasteiger partial charge in [-0.25, -0.2) is 18.7 Å². The van der Waals surface area contributed by atoms with Gasteiger partial charge in [0.1, 0.15) is 17.4 Å². The standard InChI is InChI=1S/C27H30F2N4O3/c1-6-14(4)18(22(34)8-3)9-15(5)17(7-2)19-10-16-13-31-23(11-21(16)32-24(19)25(30)35)33-26(36)20-12-27(20,28)29/h7,9-11,13,20H,6,8,12H2,1-5H3,(H2,30,35)(H,31,33,36)/b15-9-,17-7+,18-14-. The molecule has 3 rings (SSSR count). The molecule has 0 saturated heterocycles. The van der Waals surface area contributed by atoms with E-state index in [1.165, 1.54) is 12.3 Å². The van der Waals surface area contributed by atoms with Crippen LogP contribution in [-0.4, -0.2) is 33.5 Å². The second-order valence-electron chi connectivity index (χ2n) is 8.87. The molecule has 0 spiro atoms. The average molecular weight is 497 g/mol. The molecule has 0 radical (unpaired) electrons. The van der Waals surface area contributed by atoms with Gasteiger partial charge in [0.2, 0.25) is 5.91 Å². The molecule has 1 saturated carbocycles. The van der Waals surface area contributed by atoms with Gasteiger partial charge >= 0.3 is 0 Å². The van der Waals surface area contributed by atoms with Gasteiger partial charge in [0.25, 0.3) is 11.8 Å². The highest BCUT2D eigenvalue weighted by Crippen LogP contribution is 2.49. The molecule has 2 aromatic heterocycles. The van der Waals surface area contributed by atoms with E-state index in [0.717, 1.165) is 17.6 Å². The number of carbonyl (C=O) groups is 3. The summed E-state index contributed by atoms with van der Waals surface area (Å²) in [4.78, 5) is 45.5. The molecule has 2 amide bonds. The SMILES string of the molecule is C\C=C(/C(C)=C\C(C(=O)CC)=C(/C)CC)c1cc2cnc(NC(=O)C3CC3(F)F)cc2nc1C(N)=O. The molecule has 3 N–H and O–H groups in total. The van der Waals surface area contributed by atoms with Crippen molar-refractivity contribution < 1.29 is 23.2 Å². The molecule has 7 nitrogen and oxygen atoms in total. The number of hydrogen-bond acceptors (Lipinski definition) is 5. The second kappa shape index (κ2) is 10.5. The van der Waals surface area contributed by atoms with Gasteiger partial charge in [0, 0.05) is 41.6 Å². The van der Waals surface area contributed by atoms with Crippen LogP contribution in [0.4, 0.5) is 14.6 Å². The highest BCUT2D eigenvalue weighted by atomic mass is 19.3. The van der Waals surface area contributed by atoms with E-state index in [4.69, 9.17) is 5.73 Å². The van der Waals surface area contributed by atoms with Crippen molar-refractivity contribution in [2.24, 2.45) is 11.7 Å². The van der Waals surface area contributed by atoms with E-state index in [0.29, 0.717) is 34.0 Å². The smallest absolute Gasteiger partial charge is 0.267 e. The minimum Gasteiger partial charge on any atom is -0.364 e. The summed E-state index contributed by atoms with van der Waals surface area (Å²) in [6.45, 7) is 9.37. The fourth-order valence-corrected chi connectivity index (χ4v) is 3.95. The van der Waals surface area contributed by atoms with Crippen LogP contribution in [0.3, 0.4) is 0 Å². The third kappa shape index (κ3) is 5.56. The van der Waals surface area contributed by atoms with Gasteiger partial charge in [-0.1, -0.05) is 25.5 Å². The number of alkyl halides is 2. The number of amides is 2. The van der Waals surface area contributed by atoms with Crippen LogP contribution in [0, 0.1) is 5.92 Å². The van der Waals surface area contributed by atoms with Crippen molar-refractivity contribution in [1.29, 1.82) is 0 Å². The number of nitrogens with one attached hydrogen (secondary N) is 1. The van der Waals surface area contributed by atoms with Crippen LogP contribution in [0.25, 0.3) is 16.5 Å². The zero-order valence-electron chi connectivity index (χ0n) is 21.0. The lowest BCUT2D eigenvalue weighted by atomic mass is 9.92. The highest BCUT2D eigenvalue weighted by Gasteiger charge is 2.61. The summed E-state index contributed by atoms with van der Waals surface area (Å²) >= 11 is 0. The third-order valence-corrected chi connectivity index (χ3v) is 6.30. The average Bonchev–Trinajstić information content (AvgIpc) is 3.49. The zero-order chi connectivity index (χ0) is 26.8. The van der Waals surface area contributed by atoms with Gasteiger partial charge in [-0.3, -0.25) is 14.4 Å². The number of rotatable bonds is 9. The molecule has 1 aliphatic rings. The Bertz CT molecular complexity index is 1340. The minimum atomic E-state index is -2.99. The van der Waals surface area contributed by atoms with Crippen LogP contribution >= 0.6 is 0 Å². The van der Waals surface area contributed by atoms with Gasteiger partial charge in [-0.15, -0.1) is 0 Å². The van der Waals surface area contributed by atoms with Crippen molar-refractivity contribution in [1.82, 2.24) is 9.97 Å². The third-order valence-electron chi connectivity index (χ3n) is 6.30. The molecule has 1 atom stereocenters. The number of aromatic nitrogens is 2. The molecule has 36 heavy (non-hydrogen) atoms. The van der Waals surface area contributed by atoms with E-state index in [1.807, 2.05) is 46.8 Å². The van der Waals surface area contributed by atoms with E-state index < -0.39 is 30.1 Å². The Labute approximate surface area is 208 Å². The molecular formula is C27H30F2N4O3. The minimum absolute atomic E-state index is 0.000105. The molecule has 1 unspecified atom stereocenters. The first-order valence-corrected chi connectivity index (χ1v) is 11.8. The molecule has 9 heteroatoms. The van der Waals surface area contributed by atoms with Gasteiger partial charge < -0.3 is 11.1 Å². The normalized spacial score (nSPS) is 18.0. The Morgan fingerprint density at radius 1 is 1.19 bits per heavy atom. The van der Waals surface area contributed by atoms with Crippen molar-refractivity contribution in [3.05, 3.63) is 58.5 Å². The van der Waals surface area contributed by atoms with Crippen LogP contribution in [-0.2, 0) is 9.59 Å². The summed E-state index contributed by atoms with van der Waals surface area (Å²) in [6.07, 6.45) is 5.68. The Balaban J connectivity index is 2.05. The number of hydrogen-bond donors (Lipinski definition) is 2. The topological polar surface area (TPSA) is 115 Å². The van der Waals surface area contributed by atoms with Gasteiger partial charge in [-0.05, 0) is 50.5 Å². The Kier molecular flexibility index (Phi) is 7.81. The molecule has 190 valence electrons. The molecular weight excluding hydrogens is 466 g/mol. The fraction of sp³-hybridized carbons (Fsp3) is 0.370. The number of pyridine rings is 2. The van der Waals surface area contributed by atoms with Crippen molar-refractivity contribution >= 4 is 39.9 Å². The van der Waals surface area contributed by atoms with Crippen LogP contribution in [0.1, 0.15) is 69.9 Å². The second-order valence-corrected chi connectivity index (χ2v) is 8.87. The Hall–Kier alpha value is -3.75. The first-order valence-electron chi connectivity index (χ1n) is 11.8. The maximum atomic E-state index is 13.2. The summed E-state index contributed by atoms with van der Waals surface area (Å²) in [7, 11) is 0. The van der Waals surface area contributed by atoms with Crippen molar-refractivity contribution in [2.45, 2.75) is 59.8 Å². The molecule has 1 fully saturated rings. The molecule has 2 aromatic rings. The number of ketones is 1. The predicted octanol–water partition coefficient (Wildman–Crippen LogP) is 5.38. The summed E-state index contributed by atoms with van der Waals surface area (Å²) in [5.41, 5.74) is 9.48. The van der Waals surface area contributed by atoms with Crippen molar-refractivity contribution in [3.8, 4) is 0 Å². The number of halogens is 2. The quantitative estimate of drug-likeness (QED) is 0.357. The maximum absolute atomic E-state index is 13.2. The van der Waals surface area contributed by atoms with E-state index in [2.05, 4.69) is 15.3 Å². The number of primary amides is 1. The first-order chi connectivity index (χ1) is 16.9. The summed E-state index contributed by atoms with van der Waals surface area (Å²) in [5.74, 6) is -5.86. The molecule has 1 aliphatic carbocycles. The van der Waals surface area contributed by atoms with Gasteiger partial charge in [-0.2, -0.15) is 0 Å². The van der Waals surface area contributed by atoms with E-state index in [1.54, 1.807) is 6.07 Å². The van der Waals surface area contributed by atoms with Crippen LogP contribution in [0.15, 0.2) is 47.2 Å². The Morgan fingerprint density at radius 3 is 2.39 bits per heavy atom. The number of Topliss-reactive ketones (excluding diaryl/α,β-unsaturated/α-hetero) is 1. The molecule has 2 heterocycles. The number of fused-ring (bicyclic) bond motifs is 1. The highest BCUT2D eigenvalue weighted by molar-refractivity contribution is 6.03. The predicted molar refractivity (Wildman–Crippen MR) is 135 cm³/mol. The molecule has 0 bridgehead atoms. The van der Waals surface area contributed by atoms with Crippen molar-refractivity contribution in [3.63, 3.8) is 0 Å². The lowest BCUT2D eigenvalue weighted by Gasteiger charge is -2.15. The van der Waals surface area contributed by atoms with Gasteiger partial charge in [0.05, 0.1) is 5.52 Å². The fourth-order valence-electron chi connectivity index (χ4n) is 3.95. The molecule has 0 aromatic carbocycles. The monoisotopic (exact) mass is 496 g/mol. The van der Waals surface area contributed by atoms with Gasteiger partial charge in [0.15, 0.2) is 5.78 Å². The van der Waals surface area contributed by atoms with E-state index in [-0.39, 0.29) is 17.3 Å². The number of carbonyl (C=O) groups excluding carboxylic acids is 3. The van der Waals surface area contributed by atoms with Crippen LogP contribution < -0.4 is 11.1 Å². The zero-order valence-corrected chi connectivity index (χ0v) is 21.0. The largest absolute Gasteiger partial charge is 0.364 e. The van der Waals surface area contributed by atoms with Crippen molar-refractivity contribution in [2.75, 3.05) is 5.32 Å². The number of allylic oxidation sites excluding steroid dienone is 6. The number of nitrogens with two attached hydrogens (primary N) is 1. The number of nitrogens with zero attached hydrogens (tertiary/aromatic N) is 2. The lowest BCUT2D eigenvalue weighted by Crippen LogP contribution is -2.18.